The molecule has 0 aliphatic rings. The van der Waals surface area contributed by atoms with Gasteiger partial charge in [0.1, 0.15) is 0 Å². The van der Waals surface area contributed by atoms with Crippen LogP contribution in [0.2, 0.25) is 0 Å². The lowest BCUT2D eigenvalue weighted by Crippen LogP contribution is -2.33. The van der Waals surface area contributed by atoms with E-state index in [-0.39, 0.29) is 35.4 Å². The monoisotopic (exact) mass is 541 g/mol. The highest BCUT2D eigenvalue weighted by molar-refractivity contribution is 5.99. The van der Waals surface area contributed by atoms with Gasteiger partial charge in [0.05, 0.1) is 19.4 Å². The SMILES string of the molecule is C=CC(=O)Nc1cccc(Nc2nc(Nc3ccc(OCC(C)(C)CON(C)CCN)c(F)c3)ncc2F)c1. The number of hydrogen-bond acceptors (Lipinski definition) is 9. The highest BCUT2D eigenvalue weighted by Gasteiger charge is 2.22. The van der Waals surface area contributed by atoms with E-state index in [0.717, 1.165) is 12.3 Å². The van der Waals surface area contributed by atoms with E-state index < -0.39 is 11.6 Å². The molecule has 1 aromatic heterocycles. The van der Waals surface area contributed by atoms with Crippen LogP contribution in [0.3, 0.4) is 0 Å². The molecule has 3 rings (SSSR count). The summed E-state index contributed by atoms with van der Waals surface area (Å²) >= 11 is 0. The lowest BCUT2D eigenvalue weighted by atomic mass is 9.96. The number of likely N-dealkylation sites (N-methyl/N-ethyl adjacent to an activating group) is 1. The normalized spacial score (nSPS) is 11.3. The number of nitrogens with zero attached hydrogens (tertiary/aromatic N) is 3. The average Bonchev–Trinajstić information content (AvgIpc) is 2.89. The van der Waals surface area contributed by atoms with Gasteiger partial charge in [-0.05, 0) is 36.4 Å². The number of benzene rings is 2. The largest absolute Gasteiger partial charge is 0.490 e. The summed E-state index contributed by atoms with van der Waals surface area (Å²) in [6, 6.07) is 11.0. The number of anilines is 5. The zero-order valence-corrected chi connectivity index (χ0v) is 22.1. The number of rotatable bonds is 14. The zero-order chi connectivity index (χ0) is 28.4. The number of amides is 1. The van der Waals surface area contributed by atoms with Crippen LogP contribution in [-0.4, -0.2) is 54.3 Å². The Hall–Kier alpha value is -4.13. The third-order valence-electron chi connectivity index (χ3n) is 5.25. The minimum absolute atomic E-state index is 0.0444. The molecule has 39 heavy (non-hydrogen) atoms. The number of aromatic nitrogens is 2. The highest BCUT2D eigenvalue weighted by Crippen LogP contribution is 2.27. The minimum atomic E-state index is -0.697. The maximum absolute atomic E-state index is 14.8. The smallest absolute Gasteiger partial charge is 0.247 e. The van der Waals surface area contributed by atoms with E-state index in [1.54, 1.807) is 42.4 Å². The molecule has 3 aromatic rings. The second kappa shape index (κ2) is 13.6. The Morgan fingerprint density at radius 3 is 2.56 bits per heavy atom. The Morgan fingerprint density at radius 1 is 1.10 bits per heavy atom. The summed E-state index contributed by atoms with van der Waals surface area (Å²) in [5.74, 6) is -1.65. The number of carbonyl (C=O) groups excluding carboxylic acids is 1. The van der Waals surface area contributed by atoms with Gasteiger partial charge in [0, 0.05) is 48.7 Å². The van der Waals surface area contributed by atoms with Crippen molar-refractivity contribution in [3.63, 3.8) is 0 Å². The molecule has 0 aliphatic carbocycles. The molecule has 10 nitrogen and oxygen atoms in total. The van der Waals surface area contributed by atoms with E-state index in [9.17, 15) is 13.6 Å². The maximum atomic E-state index is 14.8. The first-order valence-electron chi connectivity index (χ1n) is 12.1. The van der Waals surface area contributed by atoms with E-state index in [2.05, 4.69) is 32.5 Å². The molecule has 0 aliphatic heterocycles. The van der Waals surface area contributed by atoms with Gasteiger partial charge in [-0.2, -0.15) is 10.0 Å². The topological polar surface area (TPSA) is 127 Å². The van der Waals surface area contributed by atoms with Crippen molar-refractivity contribution < 1.29 is 23.1 Å². The van der Waals surface area contributed by atoms with Crippen LogP contribution in [0.5, 0.6) is 5.75 Å². The predicted octanol–water partition coefficient (Wildman–Crippen LogP) is 4.59. The van der Waals surface area contributed by atoms with Crippen molar-refractivity contribution in [2.24, 2.45) is 11.1 Å². The van der Waals surface area contributed by atoms with Crippen molar-refractivity contribution in [3.8, 4) is 5.75 Å². The van der Waals surface area contributed by atoms with Gasteiger partial charge < -0.3 is 26.4 Å². The van der Waals surface area contributed by atoms with Crippen LogP contribution in [0, 0.1) is 17.0 Å². The Kier molecular flexibility index (Phi) is 10.3. The minimum Gasteiger partial charge on any atom is -0.490 e. The Balaban J connectivity index is 1.63. The van der Waals surface area contributed by atoms with Crippen molar-refractivity contribution in [1.29, 1.82) is 0 Å². The van der Waals surface area contributed by atoms with Crippen molar-refractivity contribution in [2.45, 2.75) is 13.8 Å². The molecular weight excluding hydrogens is 508 g/mol. The van der Waals surface area contributed by atoms with E-state index in [1.807, 2.05) is 13.8 Å². The quantitative estimate of drug-likeness (QED) is 0.171. The van der Waals surface area contributed by atoms with E-state index in [4.69, 9.17) is 15.3 Å². The van der Waals surface area contributed by atoms with Gasteiger partial charge in [-0.1, -0.05) is 26.5 Å². The number of hydrogen-bond donors (Lipinski definition) is 4. The first-order chi connectivity index (χ1) is 18.6. The van der Waals surface area contributed by atoms with Crippen molar-refractivity contribution in [3.05, 3.63) is 73.0 Å². The third kappa shape index (κ3) is 9.28. The molecule has 5 N–H and O–H groups in total. The lowest BCUT2D eigenvalue weighted by Gasteiger charge is -2.27. The first-order valence-corrected chi connectivity index (χ1v) is 12.1. The molecular formula is C27H33F2N7O3. The zero-order valence-electron chi connectivity index (χ0n) is 22.1. The fourth-order valence-electron chi connectivity index (χ4n) is 3.19. The molecule has 12 heteroatoms. The van der Waals surface area contributed by atoms with Crippen LogP contribution in [-0.2, 0) is 9.63 Å². The molecule has 0 bridgehead atoms. The van der Waals surface area contributed by atoms with Gasteiger partial charge in [0.25, 0.3) is 0 Å². The summed E-state index contributed by atoms with van der Waals surface area (Å²) in [7, 11) is 1.79. The molecule has 2 aromatic carbocycles. The van der Waals surface area contributed by atoms with E-state index in [1.165, 1.54) is 12.1 Å². The molecule has 0 saturated heterocycles. The molecule has 0 spiro atoms. The molecule has 1 amide bonds. The molecule has 0 atom stereocenters. The molecule has 0 fully saturated rings. The molecule has 208 valence electrons. The predicted molar refractivity (Wildman–Crippen MR) is 147 cm³/mol. The van der Waals surface area contributed by atoms with Gasteiger partial charge in [0.2, 0.25) is 11.9 Å². The highest BCUT2D eigenvalue weighted by atomic mass is 19.1. The van der Waals surface area contributed by atoms with Gasteiger partial charge in [-0.25, -0.2) is 13.8 Å². The van der Waals surface area contributed by atoms with Crippen LogP contribution >= 0.6 is 0 Å². The van der Waals surface area contributed by atoms with Crippen LogP contribution in [0.25, 0.3) is 0 Å². The second-order valence-corrected chi connectivity index (χ2v) is 9.43. The van der Waals surface area contributed by atoms with Crippen LogP contribution in [0.15, 0.2) is 61.3 Å². The summed E-state index contributed by atoms with van der Waals surface area (Å²) in [5.41, 5.74) is 6.45. The third-order valence-corrected chi connectivity index (χ3v) is 5.25. The molecule has 1 heterocycles. The van der Waals surface area contributed by atoms with Crippen LogP contribution < -0.4 is 26.4 Å². The van der Waals surface area contributed by atoms with Crippen LogP contribution in [0.1, 0.15) is 13.8 Å². The van der Waals surface area contributed by atoms with Crippen molar-refractivity contribution in [1.82, 2.24) is 15.0 Å². The Labute approximate surface area is 226 Å². The van der Waals surface area contributed by atoms with E-state index >= 15 is 0 Å². The number of halogens is 2. The van der Waals surface area contributed by atoms with Gasteiger partial charge >= 0.3 is 0 Å². The van der Waals surface area contributed by atoms with E-state index in [0.29, 0.717) is 36.8 Å². The molecule has 0 unspecified atom stereocenters. The van der Waals surface area contributed by atoms with Crippen molar-refractivity contribution >= 4 is 34.7 Å². The van der Waals surface area contributed by atoms with Crippen LogP contribution in [0.4, 0.5) is 37.6 Å². The van der Waals surface area contributed by atoms with Gasteiger partial charge in [-0.3, -0.25) is 9.63 Å². The Bertz CT molecular complexity index is 1290. The number of nitrogens with two attached hydrogens (primary N) is 1. The summed E-state index contributed by atoms with van der Waals surface area (Å²) in [5, 5.41) is 9.99. The van der Waals surface area contributed by atoms with Crippen molar-refractivity contribution in [2.75, 3.05) is 49.3 Å². The fourth-order valence-corrected chi connectivity index (χ4v) is 3.19. The lowest BCUT2D eigenvalue weighted by molar-refractivity contribution is -0.165. The summed E-state index contributed by atoms with van der Waals surface area (Å²) in [4.78, 5) is 25.2. The van der Waals surface area contributed by atoms with Gasteiger partial charge in [-0.15, -0.1) is 0 Å². The number of nitrogens with one attached hydrogen (secondary N) is 3. The van der Waals surface area contributed by atoms with Gasteiger partial charge in [0.15, 0.2) is 23.2 Å². The second-order valence-electron chi connectivity index (χ2n) is 9.43. The first kappa shape index (κ1) is 29.4. The Morgan fingerprint density at radius 2 is 1.85 bits per heavy atom. The standard InChI is InChI=1S/C27H33F2N7O3/c1-5-24(37)32-18-7-6-8-19(13-18)33-25-22(29)15-31-26(35-25)34-20-9-10-23(21(28)14-20)38-16-27(2,3)17-39-36(4)12-11-30/h5-10,13-15H,1,11-12,16-17,30H2,2-4H3,(H,32,37)(H2,31,33,34,35). The number of carbonyl (C=O) groups is 1. The molecule has 0 saturated carbocycles. The molecule has 0 radical (unpaired) electrons. The summed E-state index contributed by atoms with van der Waals surface area (Å²) in [6.45, 7) is 8.97. The number of hydroxylamine groups is 2. The summed E-state index contributed by atoms with van der Waals surface area (Å²) in [6.07, 6.45) is 2.13. The number of ether oxygens (including phenoxy) is 1. The summed E-state index contributed by atoms with van der Waals surface area (Å²) < 4.78 is 34.9. The fraction of sp³-hybridized carbons (Fsp3) is 0.296. The maximum Gasteiger partial charge on any atom is 0.247 e. The average molecular weight is 542 g/mol.